The number of hydrazine groups is 1. The molecule has 0 saturated heterocycles. The number of hydrogen-bond acceptors (Lipinski definition) is 6. The Labute approximate surface area is 150 Å². The molecular weight excluding hydrogens is 346 g/mol. The smallest absolute Gasteiger partial charge is 0.208 e. The molecule has 4 N–H and O–H groups in total. The summed E-state index contributed by atoms with van der Waals surface area (Å²) in [6, 6.07) is 3.65. The molecule has 1 aromatic rings. The van der Waals surface area contributed by atoms with Crippen LogP contribution in [0.3, 0.4) is 0 Å². The molecule has 2 atom stereocenters. The molecule has 1 aliphatic carbocycles. The lowest BCUT2D eigenvalue weighted by molar-refractivity contribution is 0.336. The summed E-state index contributed by atoms with van der Waals surface area (Å²) in [4.78, 5) is 0. The SMILES string of the molecule is CN/C(=C\C(N)C1CC1)C1=CC(SOc2c(F)cccc2F)NN1C. The van der Waals surface area contributed by atoms with Gasteiger partial charge in [0, 0.05) is 20.1 Å². The number of nitrogens with two attached hydrogens (primary N) is 1. The normalized spacial score (nSPS) is 22.0. The van der Waals surface area contributed by atoms with E-state index in [1.807, 2.05) is 31.3 Å². The molecule has 0 amide bonds. The Morgan fingerprint density at radius 3 is 2.72 bits per heavy atom. The van der Waals surface area contributed by atoms with Gasteiger partial charge in [0.2, 0.25) is 5.75 Å². The highest BCUT2D eigenvalue weighted by atomic mass is 32.2. The predicted octanol–water partition coefficient (Wildman–Crippen LogP) is 2.49. The van der Waals surface area contributed by atoms with Crippen molar-refractivity contribution < 1.29 is 13.0 Å². The highest BCUT2D eigenvalue weighted by molar-refractivity contribution is 7.95. The number of nitrogens with zero attached hydrogens (tertiary/aromatic N) is 1. The van der Waals surface area contributed by atoms with Crippen molar-refractivity contribution in [2.75, 3.05) is 14.1 Å². The zero-order valence-corrected chi connectivity index (χ0v) is 14.9. The topological polar surface area (TPSA) is 62.6 Å². The molecular formula is C17H22F2N4OS. The lowest BCUT2D eigenvalue weighted by atomic mass is 10.1. The van der Waals surface area contributed by atoms with Gasteiger partial charge in [0.25, 0.3) is 0 Å². The van der Waals surface area contributed by atoms with E-state index < -0.39 is 11.6 Å². The van der Waals surface area contributed by atoms with Gasteiger partial charge in [-0.15, -0.1) is 0 Å². The molecule has 1 fully saturated rings. The Morgan fingerprint density at radius 2 is 2.12 bits per heavy atom. The van der Waals surface area contributed by atoms with E-state index in [0.29, 0.717) is 5.92 Å². The maximum Gasteiger partial charge on any atom is 0.208 e. The van der Waals surface area contributed by atoms with E-state index in [4.69, 9.17) is 9.92 Å². The predicted molar refractivity (Wildman–Crippen MR) is 95.2 cm³/mol. The van der Waals surface area contributed by atoms with Gasteiger partial charge in [0.1, 0.15) is 5.37 Å². The van der Waals surface area contributed by atoms with Crippen LogP contribution >= 0.6 is 12.0 Å². The Morgan fingerprint density at radius 1 is 1.44 bits per heavy atom. The van der Waals surface area contributed by atoms with Crippen LogP contribution in [-0.4, -0.2) is 30.5 Å². The largest absolute Gasteiger partial charge is 0.418 e. The summed E-state index contributed by atoms with van der Waals surface area (Å²) in [5, 5.41) is 4.71. The molecule has 0 radical (unpaired) electrons. The first-order valence-electron chi connectivity index (χ1n) is 8.14. The fourth-order valence-electron chi connectivity index (χ4n) is 2.64. The van der Waals surface area contributed by atoms with Gasteiger partial charge in [-0.3, -0.25) is 0 Å². The average Bonchev–Trinajstić information content (AvgIpc) is 3.36. The molecule has 1 heterocycles. The first kappa shape index (κ1) is 18.0. The van der Waals surface area contributed by atoms with E-state index in [1.165, 1.54) is 18.9 Å². The first-order valence-corrected chi connectivity index (χ1v) is 8.94. The van der Waals surface area contributed by atoms with Gasteiger partial charge in [0.05, 0.1) is 23.4 Å². The molecule has 0 spiro atoms. The van der Waals surface area contributed by atoms with Gasteiger partial charge in [0.15, 0.2) is 11.6 Å². The average molecular weight is 368 g/mol. The van der Waals surface area contributed by atoms with Gasteiger partial charge < -0.3 is 20.2 Å². The van der Waals surface area contributed by atoms with E-state index in [1.54, 1.807) is 0 Å². The minimum absolute atomic E-state index is 0.0206. The monoisotopic (exact) mass is 368 g/mol. The summed E-state index contributed by atoms with van der Waals surface area (Å²) in [6.07, 6.45) is 6.28. The number of rotatable bonds is 7. The molecule has 25 heavy (non-hydrogen) atoms. The van der Waals surface area contributed by atoms with Crippen molar-refractivity contribution in [2.24, 2.45) is 11.7 Å². The maximum atomic E-state index is 13.6. The van der Waals surface area contributed by atoms with E-state index >= 15 is 0 Å². The lowest BCUT2D eigenvalue weighted by Crippen LogP contribution is -2.34. The summed E-state index contributed by atoms with van der Waals surface area (Å²) in [7, 11) is 3.70. The summed E-state index contributed by atoms with van der Waals surface area (Å²) in [6.45, 7) is 0. The number of hydrogen-bond donors (Lipinski definition) is 3. The molecule has 8 heteroatoms. The second-order valence-corrected chi connectivity index (χ2v) is 7.00. The molecule has 1 saturated carbocycles. The van der Waals surface area contributed by atoms with Crippen LogP contribution < -0.4 is 20.7 Å². The maximum absolute atomic E-state index is 13.6. The van der Waals surface area contributed by atoms with Crippen molar-refractivity contribution in [1.82, 2.24) is 15.8 Å². The van der Waals surface area contributed by atoms with Crippen LogP contribution in [0.2, 0.25) is 0 Å². The second kappa shape index (κ2) is 7.63. The first-order chi connectivity index (χ1) is 12.0. The third-order valence-corrected chi connectivity index (χ3v) is 4.93. The highest BCUT2D eigenvalue weighted by Crippen LogP contribution is 2.33. The molecule has 1 aromatic carbocycles. The number of para-hydroxylation sites is 1. The van der Waals surface area contributed by atoms with E-state index in [2.05, 4.69) is 10.7 Å². The van der Waals surface area contributed by atoms with Crippen molar-refractivity contribution in [3.05, 3.63) is 53.4 Å². The van der Waals surface area contributed by atoms with E-state index in [0.717, 1.165) is 35.6 Å². The molecule has 0 aromatic heterocycles. The molecule has 1 aliphatic heterocycles. The van der Waals surface area contributed by atoms with Crippen LogP contribution in [0.4, 0.5) is 8.78 Å². The minimum Gasteiger partial charge on any atom is -0.418 e. The summed E-state index contributed by atoms with van der Waals surface area (Å²) >= 11 is 0.943. The van der Waals surface area contributed by atoms with Gasteiger partial charge in [-0.1, -0.05) is 6.07 Å². The molecule has 2 unspecified atom stereocenters. The zero-order chi connectivity index (χ0) is 18.0. The summed E-state index contributed by atoms with van der Waals surface area (Å²) in [5.74, 6) is -1.29. The van der Waals surface area contributed by atoms with Crippen LogP contribution in [0.1, 0.15) is 12.8 Å². The number of likely N-dealkylation sites (N-methyl/N-ethyl adjacent to an activating group) is 2. The quantitative estimate of drug-likeness (QED) is 0.643. The standard InChI is InChI=1S/C17H22F2N4OS/c1-21-14(8-13(20)10-6-7-10)15-9-16(22-23(15)2)25-24-17-11(18)4-3-5-12(17)19/h3-5,8-10,13,16,21-22H,6-7,20H2,1-2H3/b14-8-. The number of benzene rings is 1. The molecule has 5 nitrogen and oxygen atoms in total. The third-order valence-electron chi connectivity index (χ3n) is 4.22. The van der Waals surface area contributed by atoms with Gasteiger partial charge in [-0.25, -0.2) is 14.2 Å². The fourth-order valence-corrected chi connectivity index (χ4v) is 3.39. The molecule has 0 bridgehead atoms. The Bertz CT molecular complexity index is 673. The van der Waals surface area contributed by atoms with Crippen LogP contribution in [-0.2, 0) is 0 Å². The van der Waals surface area contributed by atoms with Crippen molar-refractivity contribution in [3.8, 4) is 5.75 Å². The van der Waals surface area contributed by atoms with Crippen molar-refractivity contribution in [3.63, 3.8) is 0 Å². The highest BCUT2D eigenvalue weighted by Gasteiger charge is 2.29. The molecule has 3 rings (SSSR count). The van der Waals surface area contributed by atoms with Crippen molar-refractivity contribution >= 4 is 12.0 Å². The van der Waals surface area contributed by atoms with Gasteiger partial charge >= 0.3 is 0 Å². The second-order valence-electron chi connectivity index (χ2n) is 6.14. The van der Waals surface area contributed by atoms with E-state index in [9.17, 15) is 8.78 Å². The van der Waals surface area contributed by atoms with E-state index in [-0.39, 0.29) is 17.2 Å². The lowest BCUT2D eigenvalue weighted by Gasteiger charge is -2.21. The zero-order valence-electron chi connectivity index (χ0n) is 14.1. The van der Waals surface area contributed by atoms with Crippen LogP contribution in [0.15, 0.2) is 41.7 Å². The number of halogens is 2. The number of nitrogens with one attached hydrogen (secondary N) is 2. The summed E-state index contributed by atoms with van der Waals surface area (Å²) in [5.41, 5.74) is 11.2. The Hall–Kier alpha value is -1.77. The van der Waals surface area contributed by atoms with Gasteiger partial charge in [-0.05, 0) is 43.0 Å². The van der Waals surface area contributed by atoms with Crippen LogP contribution in [0.5, 0.6) is 5.75 Å². The van der Waals surface area contributed by atoms with Crippen molar-refractivity contribution in [2.45, 2.75) is 24.3 Å². The van der Waals surface area contributed by atoms with Crippen LogP contribution in [0.25, 0.3) is 0 Å². The summed E-state index contributed by atoms with van der Waals surface area (Å²) < 4.78 is 32.5. The Kier molecular flexibility index (Phi) is 5.51. The van der Waals surface area contributed by atoms with Crippen LogP contribution in [0, 0.1) is 17.6 Å². The molecule has 136 valence electrons. The Balaban J connectivity index is 1.68. The van der Waals surface area contributed by atoms with Crippen molar-refractivity contribution in [1.29, 1.82) is 0 Å². The minimum atomic E-state index is -0.728. The van der Waals surface area contributed by atoms with Gasteiger partial charge in [-0.2, -0.15) is 0 Å². The molecule has 2 aliphatic rings. The fraction of sp³-hybridized carbons (Fsp3) is 0.412. The third kappa shape index (κ3) is 4.26.